The maximum Gasteiger partial charge on any atom is 0.271 e. The van der Waals surface area contributed by atoms with Gasteiger partial charge in [0, 0.05) is 31.8 Å². The second-order valence-corrected chi connectivity index (χ2v) is 8.20. The number of hydrogen-bond acceptors (Lipinski definition) is 5. The largest absolute Gasteiger partial charge is 0.345 e. The number of non-ortho nitro benzene ring substituents is 1. The van der Waals surface area contributed by atoms with Gasteiger partial charge >= 0.3 is 0 Å². The molecule has 2 aromatic carbocycles. The van der Waals surface area contributed by atoms with Crippen molar-refractivity contribution in [2.45, 2.75) is 18.7 Å². The molecule has 0 aliphatic heterocycles. The number of nitro groups is 1. The van der Waals surface area contributed by atoms with Crippen molar-refractivity contribution < 1.29 is 18.1 Å². The molecule has 0 aliphatic carbocycles. The molecule has 0 unspecified atom stereocenters. The van der Waals surface area contributed by atoms with Crippen LogP contribution < -0.4 is 4.72 Å². The highest BCUT2D eigenvalue weighted by atomic mass is 35.5. The first-order chi connectivity index (χ1) is 12.4. The summed E-state index contributed by atoms with van der Waals surface area (Å²) in [7, 11) is -1.04. The lowest BCUT2D eigenvalue weighted by molar-refractivity contribution is -0.385. The molecule has 1 amide bonds. The van der Waals surface area contributed by atoms with Crippen LogP contribution in [-0.2, 0) is 10.0 Å². The number of nitrogens with zero attached hydrogens (tertiary/aromatic N) is 2. The first-order valence-corrected chi connectivity index (χ1v) is 9.60. The van der Waals surface area contributed by atoms with Gasteiger partial charge in [0.25, 0.3) is 21.6 Å². The number of carbonyl (C=O) groups excluding carboxylic acids is 1. The van der Waals surface area contributed by atoms with E-state index in [0.29, 0.717) is 11.1 Å². The van der Waals surface area contributed by atoms with Crippen LogP contribution in [0.4, 0.5) is 11.4 Å². The maximum atomic E-state index is 12.8. The molecule has 2 rings (SSSR count). The molecular formula is C17H18ClN3O5S. The molecule has 8 nitrogen and oxygen atoms in total. The molecule has 144 valence electrons. The molecule has 1 N–H and O–H groups in total. The lowest BCUT2D eigenvalue weighted by Crippen LogP contribution is -2.22. The molecule has 0 saturated heterocycles. The van der Waals surface area contributed by atoms with E-state index in [0.717, 1.165) is 6.07 Å². The number of nitrogens with one attached hydrogen (secondary N) is 1. The van der Waals surface area contributed by atoms with E-state index in [-0.39, 0.29) is 32.8 Å². The molecule has 0 atom stereocenters. The first kappa shape index (κ1) is 20.7. The fourth-order valence-corrected chi connectivity index (χ4v) is 4.02. The zero-order valence-corrected chi connectivity index (χ0v) is 16.7. The van der Waals surface area contributed by atoms with Crippen LogP contribution in [0, 0.1) is 24.0 Å². The summed E-state index contributed by atoms with van der Waals surface area (Å²) in [4.78, 5) is 23.6. The molecule has 0 saturated carbocycles. The average molecular weight is 412 g/mol. The number of sulfonamides is 1. The van der Waals surface area contributed by atoms with Gasteiger partial charge in [-0.05, 0) is 43.2 Å². The second kappa shape index (κ2) is 7.53. The number of halogens is 1. The Bertz CT molecular complexity index is 1040. The summed E-state index contributed by atoms with van der Waals surface area (Å²) in [6.07, 6.45) is 0. The molecule has 0 bridgehead atoms. The Balaban J connectivity index is 2.53. The molecule has 0 fully saturated rings. The van der Waals surface area contributed by atoms with Gasteiger partial charge in [-0.3, -0.25) is 19.6 Å². The van der Waals surface area contributed by atoms with Gasteiger partial charge in [-0.1, -0.05) is 11.6 Å². The van der Waals surface area contributed by atoms with Crippen molar-refractivity contribution >= 4 is 38.9 Å². The van der Waals surface area contributed by atoms with Gasteiger partial charge in [-0.15, -0.1) is 0 Å². The highest BCUT2D eigenvalue weighted by molar-refractivity contribution is 7.92. The molecule has 0 aliphatic rings. The maximum absolute atomic E-state index is 12.8. The minimum atomic E-state index is -4.17. The van der Waals surface area contributed by atoms with Gasteiger partial charge in [0.15, 0.2) is 0 Å². The smallest absolute Gasteiger partial charge is 0.271 e. The SMILES string of the molecule is Cc1cc([N+](=O)[O-])cc(S(=O)(=O)Nc2cc(C(=O)N(C)C)ccc2Cl)c1C. The van der Waals surface area contributed by atoms with E-state index >= 15 is 0 Å². The van der Waals surface area contributed by atoms with Crippen molar-refractivity contribution in [1.29, 1.82) is 0 Å². The van der Waals surface area contributed by atoms with E-state index in [1.807, 2.05) is 0 Å². The third-order valence-electron chi connectivity index (χ3n) is 3.97. The Hall–Kier alpha value is -2.65. The first-order valence-electron chi connectivity index (χ1n) is 7.73. The van der Waals surface area contributed by atoms with Crippen LogP contribution in [0.2, 0.25) is 5.02 Å². The predicted molar refractivity (Wildman–Crippen MR) is 103 cm³/mol. The molecule has 0 spiro atoms. The number of benzene rings is 2. The number of amides is 1. The molecule has 0 heterocycles. The Kier molecular flexibility index (Phi) is 5.76. The zero-order valence-electron chi connectivity index (χ0n) is 15.1. The van der Waals surface area contributed by atoms with Crippen molar-refractivity contribution in [3.63, 3.8) is 0 Å². The fourth-order valence-electron chi connectivity index (χ4n) is 2.39. The quantitative estimate of drug-likeness (QED) is 0.599. The van der Waals surface area contributed by atoms with E-state index in [9.17, 15) is 23.3 Å². The van der Waals surface area contributed by atoms with Gasteiger partial charge < -0.3 is 4.90 Å². The van der Waals surface area contributed by atoms with Crippen LogP contribution >= 0.6 is 11.6 Å². The number of rotatable bonds is 5. The standard InChI is InChI=1S/C17H18ClN3O5S/c1-10-7-13(21(23)24)9-16(11(10)2)27(25,26)19-15-8-12(5-6-14(15)18)17(22)20(3)4/h5-9,19H,1-4H3. The van der Waals surface area contributed by atoms with Crippen LogP contribution in [0.1, 0.15) is 21.5 Å². The Morgan fingerprint density at radius 1 is 1.19 bits per heavy atom. The van der Waals surface area contributed by atoms with Crippen LogP contribution in [0.25, 0.3) is 0 Å². The lowest BCUT2D eigenvalue weighted by Gasteiger charge is -2.15. The lowest BCUT2D eigenvalue weighted by atomic mass is 10.1. The van der Waals surface area contributed by atoms with E-state index in [2.05, 4.69) is 4.72 Å². The normalized spacial score (nSPS) is 11.1. The van der Waals surface area contributed by atoms with Gasteiger partial charge in [-0.2, -0.15) is 0 Å². The zero-order chi connectivity index (χ0) is 20.5. The van der Waals surface area contributed by atoms with Crippen LogP contribution in [0.3, 0.4) is 0 Å². The number of carbonyl (C=O) groups is 1. The molecule has 0 aromatic heterocycles. The summed E-state index contributed by atoms with van der Waals surface area (Å²) in [5.74, 6) is -0.325. The van der Waals surface area contributed by atoms with E-state index < -0.39 is 14.9 Å². The van der Waals surface area contributed by atoms with Crippen LogP contribution in [0.15, 0.2) is 35.2 Å². The minimum absolute atomic E-state index is 0.00734. The van der Waals surface area contributed by atoms with Crippen molar-refractivity contribution in [3.8, 4) is 0 Å². The number of aryl methyl sites for hydroxylation is 1. The molecular weight excluding hydrogens is 394 g/mol. The molecule has 27 heavy (non-hydrogen) atoms. The summed E-state index contributed by atoms with van der Waals surface area (Å²) in [6, 6.07) is 6.50. The molecule has 10 heteroatoms. The van der Waals surface area contributed by atoms with Crippen molar-refractivity contribution in [1.82, 2.24) is 4.90 Å². The summed E-state index contributed by atoms with van der Waals surface area (Å²) < 4.78 is 28.0. The predicted octanol–water partition coefficient (Wildman–Crippen LogP) is 3.37. The van der Waals surface area contributed by atoms with Gasteiger partial charge in [0.05, 0.1) is 20.5 Å². The van der Waals surface area contributed by atoms with Gasteiger partial charge in [0.2, 0.25) is 0 Å². The van der Waals surface area contributed by atoms with Crippen LogP contribution in [0.5, 0.6) is 0 Å². The summed E-state index contributed by atoms with van der Waals surface area (Å²) in [5, 5.41) is 11.2. The Morgan fingerprint density at radius 2 is 1.81 bits per heavy atom. The van der Waals surface area contributed by atoms with Crippen LogP contribution in [-0.4, -0.2) is 38.2 Å². The average Bonchev–Trinajstić information content (AvgIpc) is 2.57. The van der Waals surface area contributed by atoms with E-state index in [1.165, 1.54) is 29.2 Å². The summed E-state index contributed by atoms with van der Waals surface area (Å²) >= 11 is 6.07. The fraction of sp³-hybridized carbons (Fsp3) is 0.235. The number of hydrogen-bond donors (Lipinski definition) is 1. The van der Waals surface area contributed by atoms with Crippen molar-refractivity contribution in [2.24, 2.45) is 0 Å². The highest BCUT2D eigenvalue weighted by Crippen LogP contribution is 2.30. The summed E-state index contributed by atoms with van der Waals surface area (Å²) in [5.41, 5.74) is 0.764. The van der Waals surface area contributed by atoms with Crippen molar-refractivity contribution in [3.05, 3.63) is 62.2 Å². The topological polar surface area (TPSA) is 110 Å². The Morgan fingerprint density at radius 3 is 2.37 bits per heavy atom. The molecule has 2 aromatic rings. The third kappa shape index (κ3) is 4.37. The van der Waals surface area contributed by atoms with E-state index in [4.69, 9.17) is 11.6 Å². The second-order valence-electron chi connectivity index (χ2n) is 6.14. The minimum Gasteiger partial charge on any atom is -0.345 e. The van der Waals surface area contributed by atoms with Gasteiger partial charge in [-0.25, -0.2) is 8.42 Å². The number of nitro benzene ring substituents is 1. The number of anilines is 1. The monoisotopic (exact) mass is 411 g/mol. The van der Waals surface area contributed by atoms with Crippen molar-refractivity contribution in [2.75, 3.05) is 18.8 Å². The van der Waals surface area contributed by atoms with E-state index in [1.54, 1.807) is 27.9 Å². The summed E-state index contributed by atoms with van der Waals surface area (Å²) in [6.45, 7) is 3.14. The van der Waals surface area contributed by atoms with Gasteiger partial charge in [0.1, 0.15) is 0 Å². The Labute approximate surface area is 162 Å². The molecule has 0 radical (unpaired) electrons. The highest BCUT2D eigenvalue weighted by Gasteiger charge is 2.24. The third-order valence-corrected chi connectivity index (χ3v) is 5.79.